The van der Waals surface area contributed by atoms with Crippen molar-refractivity contribution in [3.63, 3.8) is 0 Å². The fraction of sp³-hybridized carbons (Fsp3) is 0.583. The van der Waals surface area contributed by atoms with Gasteiger partial charge in [-0.05, 0) is 26.0 Å². The SMILES string of the molecule is CCC(CC)N(C)Cc1occc1C(=O)O. The van der Waals surface area contributed by atoms with Crippen LogP contribution in [0.5, 0.6) is 0 Å². The van der Waals surface area contributed by atoms with E-state index in [9.17, 15) is 4.79 Å². The average molecular weight is 225 g/mol. The third kappa shape index (κ3) is 2.85. The van der Waals surface area contributed by atoms with Gasteiger partial charge in [-0.2, -0.15) is 0 Å². The highest BCUT2D eigenvalue weighted by molar-refractivity contribution is 5.88. The van der Waals surface area contributed by atoms with E-state index in [1.54, 1.807) is 0 Å². The van der Waals surface area contributed by atoms with Crippen molar-refractivity contribution in [2.75, 3.05) is 7.05 Å². The van der Waals surface area contributed by atoms with Gasteiger partial charge < -0.3 is 9.52 Å². The largest absolute Gasteiger partial charge is 0.478 e. The molecule has 4 nitrogen and oxygen atoms in total. The minimum absolute atomic E-state index is 0.262. The molecule has 0 aliphatic carbocycles. The van der Waals surface area contributed by atoms with E-state index in [-0.39, 0.29) is 5.56 Å². The summed E-state index contributed by atoms with van der Waals surface area (Å²) >= 11 is 0. The van der Waals surface area contributed by atoms with Crippen molar-refractivity contribution in [3.8, 4) is 0 Å². The molecular formula is C12H19NO3. The van der Waals surface area contributed by atoms with E-state index in [1.165, 1.54) is 12.3 Å². The van der Waals surface area contributed by atoms with Crippen LogP contribution < -0.4 is 0 Å². The number of furan rings is 1. The van der Waals surface area contributed by atoms with Gasteiger partial charge in [0.25, 0.3) is 0 Å². The van der Waals surface area contributed by atoms with Gasteiger partial charge in [0.15, 0.2) is 0 Å². The molecule has 0 aliphatic heterocycles. The summed E-state index contributed by atoms with van der Waals surface area (Å²) in [4.78, 5) is 13.0. The lowest BCUT2D eigenvalue weighted by Crippen LogP contribution is -2.30. The van der Waals surface area contributed by atoms with Gasteiger partial charge in [0.05, 0.1) is 12.8 Å². The molecule has 16 heavy (non-hydrogen) atoms. The minimum atomic E-state index is -0.929. The summed E-state index contributed by atoms with van der Waals surface area (Å²) in [5.41, 5.74) is 0.262. The molecule has 0 spiro atoms. The number of carboxylic acids is 1. The Hall–Kier alpha value is -1.29. The smallest absolute Gasteiger partial charge is 0.339 e. The van der Waals surface area contributed by atoms with Crippen LogP contribution in [0.1, 0.15) is 42.8 Å². The molecule has 0 aliphatic rings. The molecule has 1 heterocycles. The maximum Gasteiger partial charge on any atom is 0.339 e. The Bertz CT molecular complexity index is 342. The van der Waals surface area contributed by atoms with Gasteiger partial charge >= 0.3 is 5.97 Å². The fourth-order valence-electron chi connectivity index (χ4n) is 1.92. The molecule has 1 aromatic heterocycles. The van der Waals surface area contributed by atoms with E-state index >= 15 is 0 Å². The van der Waals surface area contributed by atoms with Gasteiger partial charge in [-0.3, -0.25) is 4.90 Å². The van der Waals surface area contributed by atoms with Gasteiger partial charge in [-0.25, -0.2) is 4.79 Å². The van der Waals surface area contributed by atoms with Gasteiger partial charge in [0.2, 0.25) is 0 Å². The summed E-state index contributed by atoms with van der Waals surface area (Å²) in [5, 5.41) is 8.94. The number of hydrogen-bond acceptors (Lipinski definition) is 3. The van der Waals surface area contributed by atoms with Gasteiger partial charge in [0, 0.05) is 6.04 Å². The number of nitrogens with zero attached hydrogens (tertiary/aromatic N) is 1. The van der Waals surface area contributed by atoms with Crippen LogP contribution in [0.3, 0.4) is 0 Å². The van der Waals surface area contributed by atoms with Gasteiger partial charge in [-0.15, -0.1) is 0 Å². The summed E-state index contributed by atoms with van der Waals surface area (Å²) < 4.78 is 5.21. The van der Waals surface area contributed by atoms with Crippen molar-refractivity contribution in [2.24, 2.45) is 0 Å². The highest BCUT2D eigenvalue weighted by atomic mass is 16.4. The average Bonchev–Trinajstić information content (AvgIpc) is 2.67. The second kappa shape index (κ2) is 5.70. The normalized spacial score (nSPS) is 11.3. The summed E-state index contributed by atoms with van der Waals surface area (Å²) in [6, 6.07) is 1.96. The molecule has 1 N–H and O–H groups in total. The fourth-order valence-corrected chi connectivity index (χ4v) is 1.92. The minimum Gasteiger partial charge on any atom is -0.478 e. The predicted octanol–water partition coefficient (Wildman–Crippen LogP) is 2.60. The van der Waals surface area contributed by atoms with Crippen molar-refractivity contribution >= 4 is 5.97 Å². The first-order valence-electron chi connectivity index (χ1n) is 5.60. The number of aromatic carboxylic acids is 1. The molecular weight excluding hydrogens is 206 g/mol. The van der Waals surface area contributed by atoms with Crippen LogP contribution in [0.15, 0.2) is 16.7 Å². The first-order valence-corrected chi connectivity index (χ1v) is 5.60. The van der Waals surface area contributed by atoms with E-state index < -0.39 is 5.97 Å². The lowest BCUT2D eigenvalue weighted by Gasteiger charge is -2.25. The molecule has 0 saturated carbocycles. The van der Waals surface area contributed by atoms with Crippen LogP contribution in [0.4, 0.5) is 0 Å². The standard InChI is InChI=1S/C12H19NO3/c1-4-9(5-2)13(3)8-11-10(12(14)15)6-7-16-11/h6-7,9H,4-5,8H2,1-3H3,(H,14,15). The van der Waals surface area contributed by atoms with E-state index in [0.717, 1.165) is 12.8 Å². The Kier molecular flexibility index (Phi) is 4.55. The van der Waals surface area contributed by atoms with Crippen molar-refractivity contribution in [3.05, 3.63) is 23.7 Å². The molecule has 0 bridgehead atoms. The summed E-state index contributed by atoms with van der Waals surface area (Å²) in [6.45, 7) is 4.80. The quantitative estimate of drug-likeness (QED) is 0.808. The third-order valence-corrected chi connectivity index (χ3v) is 2.93. The first-order chi connectivity index (χ1) is 7.60. The van der Waals surface area contributed by atoms with Gasteiger partial charge in [-0.1, -0.05) is 13.8 Å². The van der Waals surface area contributed by atoms with Crippen LogP contribution in [0.2, 0.25) is 0 Å². The third-order valence-electron chi connectivity index (χ3n) is 2.93. The lowest BCUT2D eigenvalue weighted by molar-refractivity contribution is 0.0692. The van der Waals surface area contributed by atoms with Crippen LogP contribution in [0, 0.1) is 0 Å². The summed E-state index contributed by atoms with van der Waals surface area (Å²) in [5.74, 6) is -0.399. The summed E-state index contributed by atoms with van der Waals surface area (Å²) in [7, 11) is 1.99. The maximum absolute atomic E-state index is 10.9. The summed E-state index contributed by atoms with van der Waals surface area (Å²) in [6.07, 6.45) is 3.53. The molecule has 4 heteroatoms. The zero-order chi connectivity index (χ0) is 12.1. The highest BCUT2D eigenvalue weighted by Gasteiger charge is 2.17. The molecule has 0 unspecified atom stereocenters. The number of rotatable bonds is 6. The molecule has 1 aromatic rings. The lowest BCUT2D eigenvalue weighted by atomic mass is 10.1. The van der Waals surface area contributed by atoms with Crippen molar-refractivity contribution < 1.29 is 14.3 Å². The van der Waals surface area contributed by atoms with E-state index in [1.807, 2.05) is 7.05 Å². The zero-order valence-electron chi connectivity index (χ0n) is 10.1. The first kappa shape index (κ1) is 12.8. The van der Waals surface area contributed by atoms with Crippen molar-refractivity contribution in [2.45, 2.75) is 39.3 Å². The number of carboxylic acid groups (broad SMARTS) is 1. The Morgan fingerprint density at radius 3 is 2.62 bits per heavy atom. The Morgan fingerprint density at radius 2 is 2.12 bits per heavy atom. The van der Waals surface area contributed by atoms with Crippen molar-refractivity contribution in [1.29, 1.82) is 0 Å². The van der Waals surface area contributed by atoms with E-state index in [2.05, 4.69) is 18.7 Å². The number of carbonyl (C=O) groups is 1. The maximum atomic E-state index is 10.9. The molecule has 0 saturated heterocycles. The Morgan fingerprint density at radius 1 is 1.50 bits per heavy atom. The number of hydrogen-bond donors (Lipinski definition) is 1. The topological polar surface area (TPSA) is 53.7 Å². The second-order valence-electron chi connectivity index (χ2n) is 3.95. The molecule has 0 fully saturated rings. The Balaban J connectivity index is 2.72. The molecule has 0 radical (unpaired) electrons. The van der Waals surface area contributed by atoms with E-state index in [0.29, 0.717) is 18.3 Å². The monoisotopic (exact) mass is 225 g/mol. The van der Waals surface area contributed by atoms with Gasteiger partial charge in [0.1, 0.15) is 11.3 Å². The van der Waals surface area contributed by atoms with Crippen LogP contribution >= 0.6 is 0 Å². The van der Waals surface area contributed by atoms with Crippen LogP contribution in [-0.4, -0.2) is 29.1 Å². The highest BCUT2D eigenvalue weighted by Crippen LogP contribution is 2.16. The zero-order valence-corrected chi connectivity index (χ0v) is 10.1. The van der Waals surface area contributed by atoms with Crippen LogP contribution in [0.25, 0.3) is 0 Å². The molecule has 0 amide bonds. The second-order valence-corrected chi connectivity index (χ2v) is 3.95. The molecule has 0 aromatic carbocycles. The van der Waals surface area contributed by atoms with Crippen LogP contribution in [-0.2, 0) is 6.54 Å². The molecule has 0 atom stereocenters. The molecule has 1 rings (SSSR count). The van der Waals surface area contributed by atoms with Crippen molar-refractivity contribution in [1.82, 2.24) is 4.90 Å². The van der Waals surface area contributed by atoms with E-state index in [4.69, 9.17) is 9.52 Å². The Labute approximate surface area is 95.9 Å². The predicted molar refractivity (Wildman–Crippen MR) is 61.5 cm³/mol. The molecule has 90 valence electrons.